The molecule has 3 rings (SSSR count). The first-order valence-corrected chi connectivity index (χ1v) is 8.57. The zero-order valence-corrected chi connectivity index (χ0v) is 14.7. The molecule has 130 valence electrons. The Balaban J connectivity index is 1.63. The summed E-state index contributed by atoms with van der Waals surface area (Å²) >= 11 is 0. The Labute approximate surface area is 148 Å². The normalized spacial score (nSPS) is 15.0. The number of Topliss-reactive ketones (excluding diaryl/α,β-unsaturated/α-hetero) is 1. The minimum absolute atomic E-state index is 0.0265. The van der Waals surface area contributed by atoms with Crippen LogP contribution in [-0.4, -0.2) is 48.8 Å². The molecule has 0 N–H and O–H groups in total. The second kappa shape index (κ2) is 7.47. The highest BCUT2D eigenvalue weighted by Crippen LogP contribution is 2.23. The van der Waals surface area contributed by atoms with E-state index >= 15 is 0 Å². The summed E-state index contributed by atoms with van der Waals surface area (Å²) in [6.45, 7) is 1.23. The number of pyridine rings is 1. The van der Waals surface area contributed by atoms with Gasteiger partial charge in [0.05, 0.1) is 0 Å². The van der Waals surface area contributed by atoms with Crippen LogP contribution in [-0.2, 0) is 0 Å². The summed E-state index contributed by atoms with van der Waals surface area (Å²) in [6.07, 6.45) is 4.69. The third-order valence-electron chi connectivity index (χ3n) is 4.71. The van der Waals surface area contributed by atoms with Crippen LogP contribution in [0.2, 0.25) is 0 Å². The van der Waals surface area contributed by atoms with Crippen molar-refractivity contribution in [1.29, 1.82) is 0 Å². The first kappa shape index (κ1) is 17.1. The molecule has 5 heteroatoms. The molecule has 5 nitrogen and oxygen atoms in total. The molecule has 1 amide bonds. The second-order valence-corrected chi connectivity index (χ2v) is 6.62. The van der Waals surface area contributed by atoms with Crippen molar-refractivity contribution in [3.8, 4) is 0 Å². The summed E-state index contributed by atoms with van der Waals surface area (Å²) in [7, 11) is 3.91. The summed E-state index contributed by atoms with van der Waals surface area (Å²) in [5.74, 6) is 0.146. The van der Waals surface area contributed by atoms with E-state index in [1.54, 1.807) is 24.5 Å². The van der Waals surface area contributed by atoms with Crippen molar-refractivity contribution in [3.63, 3.8) is 0 Å². The van der Waals surface area contributed by atoms with Crippen LogP contribution in [0.5, 0.6) is 0 Å². The third-order valence-corrected chi connectivity index (χ3v) is 4.71. The van der Waals surface area contributed by atoms with Crippen molar-refractivity contribution in [2.75, 3.05) is 32.1 Å². The van der Waals surface area contributed by atoms with Gasteiger partial charge in [0.2, 0.25) is 0 Å². The molecule has 1 aliphatic rings. The van der Waals surface area contributed by atoms with Crippen LogP contribution in [0.3, 0.4) is 0 Å². The molecule has 1 aliphatic heterocycles. The summed E-state index contributed by atoms with van der Waals surface area (Å²) < 4.78 is 0. The topological polar surface area (TPSA) is 53.5 Å². The predicted molar refractivity (Wildman–Crippen MR) is 98.0 cm³/mol. The fraction of sp³-hybridized carbons (Fsp3) is 0.350. The number of ketones is 1. The lowest BCUT2D eigenvalue weighted by Gasteiger charge is -2.31. The van der Waals surface area contributed by atoms with E-state index in [-0.39, 0.29) is 17.6 Å². The monoisotopic (exact) mass is 337 g/mol. The van der Waals surface area contributed by atoms with Gasteiger partial charge >= 0.3 is 0 Å². The van der Waals surface area contributed by atoms with Gasteiger partial charge in [-0.15, -0.1) is 0 Å². The number of carbonyl (C=O) groups excluding carboxylic acids is 2. The Kier molecular flexibility index (Phi) is 5.12. The fourth-order valence-electron chi connectivity index (χ4n) is 3.19. The zero-order chi connectivity index (χ0) is 17.8. The highest BCUT2D eigenvalue weighted by molar-refractivity contribution is 5.98. The molecular formula is C20H23N3O2. The maximum Gasteiger partial charge on any atom is 0.253 e. The van der Waals surface area contributed by atoms with Crippen molar-refractivity contribution >= 4 is 17.4 Å². The van der Waals surface area contributed by atoms with E-state index in [0.29, 0.717) is 37.1 Å². The van der Waals surface area contributed by atoms with E-state index in [4.69, 9.17) is 0 Å². The van der Waals surface area contributed by atoms with Crippen LogP contribution in [0.4, 0.5) is 5.69 Å². The lowest BCUT2D eigenvalue weighted by Crippen LogP contribution is -2.40. The summed E-state index contributed by atoms with van der Waals surface area (Å²) in [6, 6.07) is 11.2. The van der Waals surface area contributed by atoms with Crippen LogP contribution in [0.25, 0.3) is 0 Å². The molecule has 2 heterocycles. The van der Waals surface area contributed by atoms with Gasteiger partial charge in [-0.2, -0.15) is 0 Å². The van der Waals surface area contributed by atoms with Crippen LogP contribution < -0.4 is 4.90 Å². The fourth-order valence-corrected chi connectivity index (χ4v) is 3.19. The molecule has 1 aromatic heterocycles. The van der Waals surface area contributed by atoms with E-state index in [1.165, 1.54) is 0 Å². The van der Waals surface area contributed by atoms with Crippen LogP contribution in [0, 0.1) is 5.92 Å². The van der Waals surface area contributed by atoms with Crippen molar-refractivity contribution in [2.24, 2.45) is 5.92 Å². The average Bonchev–Trinajstić information content (AvgIpc) is 2.67. The number of hydrogen-bond acceptors (Lipinski definition) is 4. The maximum atomic E-state index is 12.7. The quantitative estimate of drug-likeness (QED) is 0.805. The van der Waals surface area contributed by atoms with E-state index < -0.39 is 0 Å². The number of amides is 1. The Morgan fingerprint density at radius 1 is 1.08 bits per heavy atom. The van der Waals surface area contributed by atoms with Crippen LogP contribution in [0.15, 0.2) is 48.8 Å². The molecule has 0 bridgehead atoms. The molecule has 1 fully saturated rings. The lowest BCUT2D eigenvalue weighted by molar-refractivity contribution is 0.0650. The standard InChI is InChI=1S/C20H23N3O2/c1-22(2)18-7-3-5-16(13-18)20(25)23-11-8-15(9-12-23)19(24)17-6-4-10-21-14-17/h3-7,10,13-15H,8-9,11-12H2,1-2H3. The summed E-state index contributed by atoms with van der Waals surface area (Å²) in [5, 5.41) is 0. The van der Waals surface area contributed by atoms with Gasteiger partial charge in [0.15, 0.2) is 5.78 Å². The van der Waals surface area contributed by atoms with Crippen molar-refractivity contribution in [2.45, 2.75) is 12.8 Å². The average molecular weight is 337 g/mol. The smallest absolute Gasteiger partial charge is 0.253 e. The lowest BCUT2D eigenvalue weighted by atomic mass is 9.89. The highest BCUT2D eigenvalue weighted by atomic mass is 16.2. The Morgan fingerprint density at radius 2 is 1.80 bits per heavy atom. The highest BCUT2D eigenvalue weighted by Gasteiger charge is 2.28. The van der Waals surface area contributed by atoms with Gasteiger partial charge in [0, 0.05) is 62.3 Å². The first-order chi connectivity index (χ1) is 12.1. The Morgan fingerprint density at radius 3 is 2.44 bits per heavy atom. The van der Waals surface area contributed by atoms with Crippen molar-refractivity contribution < 1.29 is 9.59 Å². The van der Waals surface area contributed by atoms with Gasteiger partial charge in [-0.05, 0) is 43.2 Å². The molecule has 1 aromatic carbocycles. The predicted octanol–water partition coefficient (Wildman–Crippen LogP) is 2.88. The van der Waals surface area contributed by atoms with Gasteiger partial charge < -0.3 is 9.80 Å². The van der Waals surface area contributed by atoms with Gasteiger partial charge in [-0.3, -0.25) is 14.6 Å². The van der Waals surface area contributed by atoms with Gasteiger partial charge in [-0.25, -0.2) is 0 Å². The number of nitrogens with zero attached hydrogens (tertiary/aromatic N) is 3. The Hall–Kier alpha value is -2.69. The molecule has 0 unspecified atom stereocenters. The number of likely N-dealkylation sites (tertiary alicyclic amines) is 1. The maximum absolute atomic E-state index is 12.7. The Bertz CT molecular complexity index is 751. The largest absolute Gasteiger partial charge is 0.378 e. The molecule has 0 aliphatic carbocycles. The molecule has 0 radical (unpaired) electrons. The molecule has 0 spiro atoms. The molecule has 0 saturated carbocycles. The van der Waals surface area contributed by atoms with Crippen LogP contribution in [0.1, 0.15) is 33.6 Å². The SMILES string of the molecule is CN(C)c1cccc(C(=O)N2CCC(C(=O)c3cccnc3)CC2)c1. The number of rotatable bonds is 4. The number of carbonyl (C=O) groups is 2. The van der Waals surface area contributed by atoms with Crippen molar-refractivity contribution in [3.05, 3.63) is 59.9 Å². The van der Waals surface area contributed by atoms with E-state index in [9.17, 15) is 9.59 Å². The van der Waals surface area contributed by atoms with E-state index in [0.717, 1.165) is 5.69 Å². The molecule has 2 aromatic rings. The molecule has 1 saturated heterocycles. The van der Waals surface area contributed by atoms with Gasteiger partial charge in [-0.1, -0.05) is 6.07 Å². The number of hydrogen-bond donors (Lipinski definition) is 0. The summed E-state index contributed by atoms with van der Waals surface area (Å²) in [4.78, 5) is 33.1. The van der Waals surface area contributed by atoms with E-state index in [1.807, 2.05) is 48.2 Å². The first-order valence-electron chi connectivity index (χ1n) is 8.57. The number of piperidine rings is 1. The van der Waals surface area contributed by atoms with Crippen molar-refractivity contribution in [1.82, 2.24) is 9.88 Å². The molecule has 0 atom stereocenters. The zero-order valence-electron chi connectivity index (χ0n) is 14.7. The van der Waals surface area contributed by atoms with Gasteiger partial charge in [0.25, 0.3) is 5.91 Å². The van der Waals surface area contributed by atoms with E-state index in [2.05, 4.69) is 4.98 Å². The minimum Gasteiger partial charge on any atom is -0.378 e. The molecule has 25 heavy (non-hydrogen) atoms. The third kappa shape index (κ3) is 3.87. The summed E-state index contributed by atoms with van der Waals surface area (Å²) in [5.41, 5.74) is 2.36. The van der Waals surface area contributed by atoms with Gasteiger partial charge in [0.1, 0.15) is 0 Å². The number of anilines is 1. The minimum atomic E-state index is -0.0265. The second-order valence-electron chi connectivity index (χ2n) is 6.62. The number of benzene rings is 1. The molecular weight excluding hydrogens is 314 g/mol. The number of aromatic nitrogens is 1. The van der Waals surface area contributed by atoms with Crippen LogP contribution >= 0.6 is 0 Å².